The zero-order chi connectivity index (χ0) is 10.1. The van der Waals surface area contributed by atoms with Crippen LogP contribution in [0.4, 0.5) is 5.69 Å². The molecule has 72 valence electrons. The Hall–Kier alpha value is -0.630. The van der Waals surface area contributed by atoms with E-state index >= 15 is 0 Å². The summed E-state index contributed by atoms with van der Waals surface area (Å²) in [5.41, 5.74) is 7.91. The van der Waals surface area contributed by atoms with Gasteiger partial charge in [0.15, 0.2) is 0 Å². The van der Waals surface area contributed by atoms with Gasteiger partial charge in [-0.25, -0.2) is 0 Å². The lowest BCUT2D eigenvalue weighted by Crippen LogP contribution is -2.07. The Morgan fingerprint density at radius 1 is 1.23 bits per heavy atom. The molecule has 0 fully saturated rings. The van der Waals surface area contributed by atoms with Crippen molar-refractivity contribution >= 4 is 17.4 Å². The van der Waals surface area contributed by atoms with Crippen molar-refractivity contribution in [3.8, 4) is 0 Å². The van der Waals surface area contributed by atoms with Crippen molar-refractivity contribution in [2.24, 2.45) is 0 Å². The van der Waals surface area contributed by atoms with Crippen LogP contribution in [0.15, 0.2) is 23.1 Å². The Balaban J connectivity index is 2.96. The standard InChI is InChI=1S/C11H17NS/c1-8-9(12)6-5-7-10(8)13-11(2,3)4/h5-7H,12H2,1-4H3. The number of hydrogen-bond acceptors (Lipinski definition) is 2. The molecule has 0 saturated heterocycles. The highest BCUT2D eigenvalue weighted by atomic mass is 32.2. The summed E-state index contributed by atoms with van der Waals surface area (Å²) < 4.78 is 0.249. The van der Waals surface area contributed by atoms with E-state index in [4.69, 9.17) is 5.73 Å². The highest BCUT2D eigenvalue weighted by molar-refractivity contribution is 8.00. The van der Waals surface area contributed by atoms with Crippen LogP contribution >= 0.6 is 11.8 Å². The van der Waals surface area contributed by atoms with Gasteiger partial charge in [0.25, 0.3) is 0 Å². The van der Waals surface area contributed by atoms with Crippen LogP contribution in [0.5, 0.6) is 0 Å². The van der Waals surface area contributed by atoms with Crippen molar-refractivity contribution in [2.45, 2.75) is 37.3 Å². The third-order valence-corrected chi connectivity index (χ3v) is 3.02. The van der Waals surface area contributed by atoms with Crippen molar-refractivity contribution in [1.82, 2.24) is 0 Å². The number of nitrogens with two attached hydrogens (primary N) is 1. The molecule has 1 aromatic rings. The first-order valence-corrected chi connectivity index (χ1v) is 5.26. The molecular formula is C11H17NS. The van der Waals surface area contributed by atoms with Crippen molar-refractivity contribution in [1.29, 1.82) is 0 Å². The summed E-state index contributed by atoms with van der Waals surface area (Å²) in [5, 5.41) is 0. The number of benzene rings is 1. The second kappa shape index (κ2) is 3.62. The SMILES string of the molecule is Cc1c(N)cccc1SC(C)(C)C. The van der Waals surface area contributed by atoms with Gasteiger partial charge in [-0.1, -0.05) is 26.8 Å². The fourth-order valence-corrected chi connectivity index (χ4v) is 2.15. The van der Waals surface area contributed by atoms with E-state index in [-0.39, 0.29) is 4.75 Å². The molecule has 0 saturated carbocycles. The maximum Gasteiger partial charge on any atom is 0.0354 e. The van der Waals surface area contributed by atoms with E-state index in [1.165, 1.54) is 10.5 Å². The molecule has 0 aliphatic carbocycles. The number of anilines is 1. The maximum atomic E-state index is 5.83. The second-order valence-electron chi connectivity index (χ2n) is 4.18. The minimum absolute atomic E-state index is 0.249. The van der Waals surface area contributed by atoms with Crippen molar-refractivity contribution < 1.29 is 0 Å². The molecule has 13 heavy (non-hydrogen) atoms. The Morgan fingerprint density at radius 3 is 2.38 bits per heavy atom. The van der Waals surface area contributed by atoms with Gasteiger partial charge in [-0.15, -0.1) is 11.8 Å². The third-order valence-electron chi connectivity index (χ3n) is 1.74. The Labute approximate surface area is 84.7 Å². The maximum absolute atomic E-state index is 5.83. The largest absolute Gasteiger partial charge is 0.398 e. The molecule has 0 bridgehead atoms. The van der Waals surface area contributed by atoms with Gasteiger partial charge < -0.3 is 5.73 Å². The Bertz CT molecular complexity index is 299. The molecule has 0 unspecified atom stereocenters. The molecule has 0 radical (unpaired) electrons. The topological polar surface area (TPSA) is 26.0 Å². The van der Waals surface area contributed by atoms with Gasteiger partial charge >= 0.3 is 0 Å². The molecule has 0 spiro atoms. The molecule has 0 atom stereocenters. The van der Waals surface area contributed by atoms with Crippen LogP contribution in [0.3, 0.4) is 0 Å². The molecule has 1 aromatic carbocycles. The lowest BCUT2D eigenvalue weighted by Gasteiger charge is -2.19. The first-order chi connectivity index (χ1) is 5.90. The highest BCUT2D eigenvalue weighted by Gasteiger charge is 2.13. The first kappa shape index (κ1) is 10.5. The van der Waals surface area contributed by atoms with E-state index in [2.05, 4.69) is 33.8 Å². The van der Waals surface area contributed by atoms with Crippen LogP contribution in [0.2, 0.25) is 0 Å². The molecule has 2 N–H and O–H groups in total. The molecule has 1 rings (SSSR count). The third kappa shape index (κ3) is 2.96. The predicted octanol–water partition coefficient (Wildman–Crippen LogP) is 3.47. The van der Waals surface area contributed by atoms with E-state index < -0.39 is 0 Å². The average Bonchev–Trinajstić information content (AvgIpc) is 1.96. The normalized spacial score (nSPS) is 11.7. The summed E-state index contributed by atoms with van der Waals surface area (Å²) in [6.45, 7) is 8.70. The van der Waals surface area contributed by atoms with E-state index in [9.17, 15) is 0 Å². The van der Waals surface area contributed by atoms with Crippen molar-refractivity contribution in [3.05, 3.63) is 23.8 Å². The summed E-state index contributed by atoms with van der Waals surface area (Å²) in [5.74, 6) is 0. The predicted molar refractivity (Wildman–Crippen MR) is 61.2 cm³/mol. The fraction of sp³-hybridized carbons (Fsp3) is 0.455. The summed E-state index contributed by atoms with van der Waals surface area (Å²) in [6, 6.07) is 6.08. The van der Waals surface area contributed by atoms with Crippen LogP contribution in [-0.2, 0) is 0 Å². The Kier molecular flexibility index (Phi) is 2.91. The van der Waals surface area contributed by atoms with Gasteiger partial charge in [-0.2, -0.15) is 0 Å². The smallest absolute Gasteiger partial charge is 0.0354 e. The Morgan fingerprint density at radius 2 is 1.85 bits per heavy atom. The van der Waals surface area contributed by atoms with Gasteiger partial charge in [0.1, 0.15) is 0 Å². The average molecular weight is 195 g/mol. The first-order valence-electron chi connectivity index (χ1n) is 4.44. The van der Waals surface area contributed by atoms with Crippen molar-refractivity contribution in [2.75, 3.05) is 5.73 Å². The molecule has 2 heteroatoms. The van der Waals surface area contributed by atoms with E-state index in [0.717, 1.165) is 5.69 Å². The van der Waals surface area contributed by atoms with Gasteiger partial charge in [-0.05, 0) is 24.6 Å². The molecule has 0 aromatic heterocycles. The number of nitrogen functional groups attached to an aromatic ring is 1. The van der Waals surface area contributed by atoms with Crippen LogP contribution in [-0.4, -0.2) is 4.75 Å². The van der Waals surface area contributed by atoms with Crippen LogP contribution in [0.25, 0.3) is 0 Å². The quantitative estimate of drug-likeness (QED) is 0.548. The minimum atomic E-state index is 0.249. The zero-order valence-electron chi connectivity index (χ0n) is 8.72. The summed E-state index contributed by atoms with van der Waals surface area (Å²) >= 11 is 1.86. The summed E-state index contributed by atoms with van der Waals surface area (Å²) in [6.07, 6.45) is 0. The number of rotatable bonds is 1. The lowest BCUT2D eigenvalue weighted by atomic mass is 10.2. The summed E-state index contributed by atoms with van der Waals surface area (Å²) in [7, 11) is 0. The van der Waals surface area contributed by atoms with Crippen LogP contribution < -0.4 is 5.73 Å². The zero-order valence-corrected chi connectivity index (χ0v) is 9.53. The van der Waals surface area contributed by atoms with Gasteiger partial charge in [-0.3, -0.25) is 0 Å². The molecule has 0 aliphatic rings. The molecule has 1 nitrogen and oxygen atoms in total. The minimum Gasteiger partial charge on any atom is -0.398 e. The number of thioether (sulfide) groups is 1. The fourth-order valence-electron chi connectivity index (χ4n) is 1.07. The van der Waals surface area contributed by atoms with E-state index in [1.807, 2.05) is 23.9 Å². The van der Waals surface area contributed by atoms with E-state index in [0.29, 0.717) is 0 Å². The van der Waals surface area contributed by atoms with E-state index in [1.54, 1.807) is 0 Å². The molecule has 0 amide bonds. The highest BCUT2D eigenvalue weighted by Crippen LogP contribution is 2.35. The summed E-state index contributed by atoms with van der Waals surface area (Å²) in [4.78, 5) is 1.28. The van der Waals surface area contributed by atoms with Gasteiger partial charge in [0, 0.05) is 15.3 Å². The van der Waals surface area contributed by atoms with Crippen molar-refractivity contribution in [3.63, 3.8) is 0 Å². The lowest BCUT2D eigenvalue weighted by molar-refractivity contribution is 0.802. The van der Waals surface area contributed by atoms with Crippen LogP contribution in [0, 0.1) is 6.92 Å². The second-order valence-corrected chi connectivity index (χ2v) is 6.05. The monoisotopic (exact) mass is 195 g/mol. The van der Waals surface area contributed by atoms with Gasteiger partial charge in [0.05, 0.1) is 0 Å². The molecule has 0 heterocycles. The number of hydrogen-bond donors (Lipinski definition) is 1. The van der Waals surface area contributed by atoms with Gasteiger partial charge in [0.2, 0.25) is 0 Å². The molecule has 0 aliphatic heterocycles. The molecular weight excluding hydrogens is 178 g/mol. The van der Waals surface area contributed by atoms with Crippen LogP contribution in [0.1, 0.15) is 26.3 Å².